The number of imide groups is 1. The van der Waals surface area contributed by atoms with Crippen molar-refractivity contribution in [3.63, 3.8) is 0 Å². The number of imidazole rings is 1. The molecule has 3 amide bonds. The third-order valence-electron chi connectivity index (χ3n) is 8.12. The molecule has 12 heteroatoms. The van der Waals surface area contributed by atoms with Gasteiger partial charge in [0.1, 0.15) is 29.7 Å². The van der Waals surface area contributed by atoms with Crippen LogP contribution in [-0.4, -0.2) is 49.6 Å². The first-order valence-corrected chi connectivity index (χ1v) is 14.2. The Morgan fingerprint density at radius 3 is 2.65 bits per heavy atom. The maximum atomic E-state index is 14.1. The summed E-state index contributed by atoms with van der Waals surface area (Å²) in [4.78, 5) is 37.1. The number of fused-ring (bicyclic) bond motifs is 1. The van der Waals surface area contributed by atoms with Gasteiger partial charge in [0.2, 0.25) is 5.91 Å². The first-order valence-electron chi connectivity index (χ1n) is 13.8. The van der Waals surface area contributed by atoms with E-state index in [1.165, 1.54) is 11.0 Å². The van der Waals surface area contributed by atoms with Gasteiger partial charge < -0.3 is 14.4 Å². The Balaban J connectivity index is 1.18. The van der Waals surface area contributed by atoms with Gasteiger partial charge in [-0.2, -0.15) is 0 Å². The van der Waals surface area contributed by atoms with Crippen molar-refractivity contribution in [3.05, 3.63) is 94.0 Å². The fraction of sp³-hybridized carbons (Fsp3) is 0.290. The summed E-state index contributed by atoms with van der Waals surface area (Å²) in [7, 11) is 1.80. The van der Waals surface area contributed by atoms with Gasteiger partial charge >= 0.3 is 6.03 Å². The largest absolute Gasteiger partial charge is 0.489 e. The van der Waals surface area contributed by atoms with E-state index in [-0.39, 0.29) is 32.1 Å². The van der Waals surface area contributed by atoms with Crippen LogP contribution in [0.15, 0.2) is 60.8 Å². The molecule has 2 aliphatic heterocycles. The van der Waals surface area contributed by atoms with Crippen LogP contribution in [0.2, 0.25) is 5.02 Å². The lowest BCUT2D eigenvalue weighted by Crippen LogP contribution is -2.50. The minimum absolute atomic E-state index is 0.0191. The zero-order valence-corrected chi connectivity index (χ0v) is 24.4. The number of carbonyl (C=O) groups is 2. The van der Waals surface area contributed by atoms with Crippen LogP contribution in [0.25, 0.3) is 11.5 Å². The van der Waals surface area contributed by atoms with Gasteiger partial charge in [0.25, 0.3) is 0 Å². The Bertz CT molecular complexity index is 1690. The first kappa shape index (κ1) is 28.8. The SMILES string of the molecule is Cn1c(N2CCC(=O)NC2=O)cnc1-c1ccc2c(n1)[C@](C)(CO)N(Cc1ccc(OCc3c(F)cccc3Cl)cc1)C2. The quantitative estimate of drug-likeness (QED) is 0.304. The molecule has 4 heterocycles. The molecule has 222 valence electrons. The van der Waals surface area contributed by atoms with Crippen LogP contribution in [0.1, 0.15) is 35.7 Å². The van der Waals surface area contributed by atoms with E-state index in [0.717, 1.165) is 16.8 Å². The molecule has 0 radical (unpaired) electrons. The standard InChI is InChI=1S/C31H30ClFN6O4/c1-31(18-40)28-20(8-11-25(35-28)29-34-14-27(37(29)2)39-13-12-26(41)36-30(39)42)16-38(31)15-19-6-9-21(10-7-19)43-17-22-23(32)4-3-5-24(22)33/h3-11,14,40H,12-13,15-18H2,1-2H3,(H,36,41,42)/t31-/m0/s1. The van der Waals surface area contributed by atoms with Crippen molar-refractivity contribution in [3.8, 4) is 17.3 Å². The van der Waals surface area contributed by atoms with Crippen molar-refractivity contribution in [2.24, 2.45) is 7.05 Å². The number of nitrogens with zero attached hydrogens (tertiary/aromatic N) is 5. The molecule has 2 aromatic carbocycles. The minimum atomic E-state index is -0.747. The molecule has 4 aromatic rings. The van der Waals surface area contributed by atoms with Crippen molar-refractivity contribution >= 4 is 29.4 Å². The maximum Gasteiger partial charge on any atom is 0.329 e. The van der Waals surface area contributed by atoms with Crippen molar-refractivity contribution in [1.82, 2.24) is 24.8 Å². The number of aliphatic hydroxyl groups is 1. The van der Waals surface area contributed by atoms with E-state index in [1.807, 2.05) is 43.3 Å². The van der Waals surface area contributed by atoms with Crippen LogP contribution >= 0.6 is 11.6 Å². The number of rotatable bonds is 8. The lowest BCUT2D eigenvalue weighted by atomic mass is 9.97. The number of hydrogen-bond donors (Lipinski definition) is 2. The summed E-state index contributed by atoms with van der Waals surface area (Å²) in [6.07, 6.45) is 1.81. The molecule has 10 nitrogen and oxygen atoms in total. The highest BCUT2D eigenvalue weighted by molar-refractivity contribution is 6.31. The number of anilines is 1. The highest BCUT2D eigenvalue weighted by Crippen LogP contribution is 2.40. The molecule has 43 heavy (non-hydrogen) atoms. The average Bonchev–Trinajstić information content (AvgIpc) is 3.50. The highest BCUT2D eigenvalue weighted by atomic mass is 35.5. The van der Waals surface area contributed by atoms with Crippen LogP contribution < -0.4 is 15.0 Å². The Hall–Kier alpha value is -4.32. The molecule has 0 saturated carbocycles. The van der Waals surface area contributed by atoms with Crippen LogP contribution in [0, 0.1) is 5.82 Å². The molecule has 2 N–H and O–H groups in total. The molecule has 0 unspecified atom stereocenters. The summed E-state index contributed by atoms with van der Waals surface area (Å²) in [5.74, 6) is 0.998. The van der Waals surface area contributed by atoms with E-state index in [2.05, 4.69) is 15.2 Å². The number of urea groups is 1. The Kier molecular flexibility index (Phi) is 7.63. The van der Waals surface area contributed by atoms with Crippen molar-refractivity contribution in [2.75, 3.05) is 18.1 Å². The number of carbonyl (C=O) groups excluding carboxylic acids is 2. The second kappa shape index (κ2) is 11.4. The zero-order chi connectivity index (χ0) is 30.3. The summed E-state index contributed by atoms with van der Waals surface area (Å²) in [6, 6.07) is 15.5. The Morgan fingerprint density at radius 2 is 1.93 bits per heavy atom. The molecular weight excluding hydrogens is 575 g/mol. The van der Waals surface area contributed by atoms with Gasteiger partial charge in [0, 0.05) is 38.7 Å². The van der Waals surface area contributed by atoms with E-state index in [4.69, 9.17) is 21.3 Å². The molecule has 1 atom stereocenters. The third kappa shape index (κ3) is 5.35. The lowest BCUT2D eigenvalue weighted by molar-refractivity contribution is -0.120. The van der Waals surface area contributed by atoms with E-state index in [9.17, 15) is 19.1 Å². The highest BCUT2D eigenvalue weighted by Gasteiger charge is 2.42. The Labute approximate surface area is 252 Å². The first-order chi connectivity index (χ1) is 20.7. The van der Waals surface area contributed by atoms with Gasteiger partial charge in [-0.3, -0.25) is 19.9 Å². The summed E-state index contributed by atoms with van der Waals surface area (Å²) in [6.45, 7) is 3.26. The second-order valence-corrected chi connectivity index (χ2v) is 11.3. The molecule has 1 fully saturated rings. The number of benzene rings is 2. The van der Waals surface area contributed by atoms with Gasteiger partial charge in [0.05, 0.1) is 29.1 Å². The summed E-state index contributed by atoms with van der Waals surface area (Å²) >= 11 is 6.11. The van der Waals surface area contributed by atoms with Gasteiger partial charge in [-0.05, 0) is 48.4 Å². The number of halogens is 2. The summed E-state index contributed by atoms with van der Waals surface area (Å²) < 4.78 is 21.6. The molecule has 2 aliphatic rings. The van der Waals surface area contributed by atoms with E-state index >= 15 is 0 Å². The van der Waals surface area contributed by atoms with Crippen molar-refractivity contribution in [1.29, 1.82) is 0 Å². The van der Waals surface area contributed by atoms with Gasteiger partial charge in [-0.15, -0.1) is 0 Å². The molecular formula is C31H30ClFN6O4. The number of aromatic nitrogens is 3. The predicted molar refractivity (Wildman–Crippen MR) is 158 cm³/mol. The van der Waals surface area contributed by atoms with Crippen LogP contribution in [0.5, 0.6) is 5.75 Å². The number of pyridine rings is 1. The smallest absolute Gasteiger partial charge is 0.329 e. The number of amides is 3. The minimum Gasteiger partial charge on any atom is -0.489 e. The van der Waals surface area contributed by atoms with Crippen LogP contribution in [-0.2, 0) is 37.1 Å². The summed E-state index contributed by atoms with van der Waals surface area (Å²) in [5.41, 5.74) is 2.95. The van der Waals surface area contributed by atoms with Crippen molar-refractivity contribution < 1.29 is 23.8 Å². The average molecular weight is 605 g/mol. The van der Waals surface area contributed by atoms with Crippen LogP contribution in [0.3, 0.4) is 0 Å². The number of ether oxygens (including phenoxy) is 1. The number of hydrogen-bond acceptors (Lipinski definition) is 7. The Morgan fingerprint density at radius 1 is 1.14 bits per heavy atom. The monoisotopic (exact) mass is 604 g/mol. The molecule has 2 aromatic heterocycles. The summed E-state index contributed by atoms with van der Waals surface area (Å²) in [5, 5.41) is 13.2. The maximum absolute atomic E-state index is 14.1. The van der Waals surface area contributed by atoms with Gasteiger partial charge in [0.15, 0.2) is 5.82 Å². The topological polar surface area (TPSA) is 113 Å². The fourth-order valence-electron chi connectivity index (χ4n) is 5.55. The molecule has 0 aliphatic carbocycles. The van der Waals surface area contributed by atoms with E-state index in [0.29, 0.717) is 46.8 Å². The van der Waals surface area contributed by atoms with Gasteiger partial charge in [-0.25, -0.2) is 19.2 Å². The fourth-order valence-corrected chi connectivity index (χ4v) is 5.77. The van der Waals surface area contributed by atoms with E-state index < -0.39 is 17.4 Å². The van der Waals surface area contributed by atoms with Crippen LogP contribution in [0.4, 0.5) is 15.0 Å². The molecule has 6 rings (SSSR count). The normalized spacial score (nSPS) is 18.6. The second-order valence-electron chi connectivity index (χ2n) is 10.9. The molecule has 0 spiro atoms. The van der Waals surface area contributed by atoms with E-state index in [1.54, 1.807) is 29.9 Å². The zero-order valence-electron chi connectivity index (χ0n) is 23.7. The molecule has 0 bridgehead atoms. The van der Waals surface area contributed by atoms with Gasteiger partial charge in [-0.1, -0.05) is 35.9 Å². The third-order valence-corrected chi connectivity index (χ3v) is 8.48. The number of aliphatic hydroxyl groups excluding tert-OH is 1. The predicted octanol–water partition coefficient (Wildman–Crippen LogP) is 4.52. The lowest BCUT2D eigenvalue weighted by Gasteiger charge is -2.33. The molecule has 1 saturated heterocycles. The van der Waals surface area contributed by atoms with Crippen molar-refractivity contribution in [2.45, 2.75) is 38.6 Å². The number of nitrogens with one attached hydrogen (secondary N) is 1.